The number of carbonyl (C=O) groups is 2. The number of aryl methyl sites for hydroxylation is 1. The van der Waals surface area contributed by atoms with Crippen LogP contribution in [0.5, 0.6) is 11.5 Å². The van der Waals surface area contributed by atoms with Gasteiger partial charge < -0.3 is 19.5 Å². The van der Waals surface area contributed by atoms with E-state index in [1.54, 1.807) is 25.3 Å². The van der Waals surface area contributed by atoms with E-state index in [-0.39, 0.29) is 12.5 Å². The Balaban J connectivity index is 1.83. The zero-order valence-electron chi connectivity index (χ0n) is 15.2. The van der Waals surface area contributed by atoms with Gasteiger partial charge in [0, 0.05) is 6.54 Å². The van der Waals surface area contributed by atoms with Gasteiger partial charge in [0.25, 0.3) is 5.91 Å². The molecular weight excluding hydrogens is 334 g/mol. The average molecular weight is 357 g/mol. The van der Waals surface area contributed by atoms with Crippen molar-refractivity contribution in [2.45, 2.75) is 13.3 Å². The Morgan fingerprint density at radius 1 is 1.04 bits per heavy atom. The molecule has 6 heteroatoms. The molecule has 0 bridgehead atoms. The van der Waals surface area contributed by atoms with Crippen LogP contribution in [0, 0.1) is 6.92 Å². The molecule has 2 aromatic rings. The molecule has 0 heterocycles. The molecule has 0 aliphatic rings. The molecule has 1 N–H and O–H groups in total. The molecular formula is C20H23NO5. The summed E-state index contributed by atoms with van der Waals surface area (Å²) in [5, 5.41) is 2.80. The zero-order chi connectivity index (χ0) is 18.9. The maximum absolute atomic E-state index is 12.0. The highest BCUT2D eigenvalue weighted by Crippen LogP contribution is 2.21. The number of methoxy groups -OCH3 is 2. The van der Waals surface area contributed by atoms with E-state index >= 15 is 0 Å². The number of ether oxygens (including phenoxy) is 3. The molecule has 0 radical (unpaired) electrons. The first kappa shape index (κ1) is 19.3. The molecule has 0 unspecified atom stereocenters. The van der Waals surface area contributed by atoms with Crippen molar-refractivity contribution in [1.29, 1.82) is 0 Å². The fourth-order valence-electron chi connectivity index (χ4n) is 2.36. The van der Waals surface area contributed by atoms with Gasteiger partial charge in [-0.15, -0.1) is 0 Å². The second-order valence-electron chi connectivity index (χ2n) is 5.73. The number of esters is 1. The second kappa shape index (κ2) is 9.46. The molecule has 0 aliphatic heterocycles. The molecule has 6 nitrogen and oxygen atoms in total. The van der Waals surface area contributed by atoms with Gasteiger partial charge in [0.05, 0.1) is 14.2 Å². The van der Waals surface area contributed by atoms with Crippen molar-refractivity contribution in [3.63, 3.8) is 0 Å². The first-order valence-electron chi connectivity index (χ1n) is 8.25. The van der Waals surface area contributed by atoms with Crippen LogP contribution in [0.15, 0.2) is 42.5 Å². The van der Waals surface area contributed by atoms with Crippen molar-refractivity contribution in [2.24, 2.45) is 0 Å². The maximum atomic E-state index is 12.0. The molecule has 0 saturated heterocycles. The van der Waals surface area contributed by atoms with E-state index in [9.17, 15) is 9.59 Å². The molecule has 0 spiro atoms. The molecule has 2 rings (SSSR count). The molecule has 0 fully saturated rings. The van der Waals surface area contributed by atoms with Crippen LogP contribution in [0.3, 0.4) is 0 Å². The van der Waals surface area contributed by atoms with Crippen molar-refractivity contribution < 1.29 is 23.8 Å². The highest BCUT2D eigenvalue weighted by atomic mass is 16.5. The van der Waals surface area contributed by atoms with Crippen LogP contribution in [-0.2, 0) is 16.0 Å². The maximum Gasteiger partial charge on any atom is 0.341 e. The van der Waals surface area contributed by atoms with Gasteiger partial charge in [-0.05, 0) is 48.7 Å². The van der Waals surface area contributed by atoms with Gasteiger partial charge in [-0.3, -0.25) is 4.79 Å². The standard InChI is InChI=1S/C20H23NO5/c1-14-4-9-17(20(23)25-3)18(12-14)26-13-19(22)21-11-10-15-5-7-16(24-2)8-6-15/h4-9,12H,10-11,13H2,1-3H3,(H,21,22). The van der Waals surface area contributed by atoms with Crippen LogP contribution < -0.4 is 14.8 Å². The average Bonchev–Trinajstić information content (AvgIpc) is 2.66. The number of nitrogens with one attached hydrogen (secondary N) is 1. The first-order valence-corrected chi connectivity index (χ1v) is 8.25. The minimum atomic E-state index is -0.500. The van der Waals surface area contributed by atoms with E-state index in [1.807, 2.05) is 31.2 Å². The van der Waals surface area contributed by atoms with Crippen LogP contribution in [0.25, 0.3) is 0 Å². The number of carbonyl (C=O) groups excluding carboxylic acids is 2. The first-order chi connectivity index (χ1) is 12.5. The van der Waals surface area contributed by atoms with E-state index in [0.29, 0.717) is 24.3 Å². The summed E-state index contributed by atoms with van der Waals surface area (Å²) >= 11 is 0. The minimum absolute atomic E-state index is 0.171. The molecule has 138 valence electrons. The van der Waals surface area contributed by atoms with Gasteiger partial charge in [0.1, 0.15) is 17.1 Å². The molecule has 0 saturated carbocycles. The summed E-state index contributed by atoms with van der Waals surface area (Å²) in [6.45, 7) is 2.20. The number of hydrogen-bond donors (Lipinski definition) is 1. The predicted molar refractivity (Wildman–Crippen MR) is 97.7 cm³/mol. The summed E-state index contributed by atoms with van der Waals surface area (Å²) in [6, 6.07) is 12.8. The van der Waals surface area contributed by atoms with Crippen LogP contribution in [0.4, 0.5) is 0 Å². The van der Waals surface area contributed by atoms with E-state index < -0.39 is 5.97 Å². The lowest BCUT2D eigenvalue weighted by atomic mass is 10.1. The molecule has 0 aromatic heterocycles. The SMILES string of the molecule is COC(=O)c1ccc(C)cc1OCC(=O)NCCc1ccc(OC)cc1. The Labute approximate surface area is 153 Å². The lowest BCUT2D eigenvalue weighted by molar-refractivity contribution is -0.123. The lowest BCUT2D eigenvalue weighted by Crippen LogP contribution is -2.30. The van der Waals surface area contributed by atoms with Gasteiger partial charge in [0.2, 0.25) is 0 Å². The van der Waals surface area contributed by atoms with Crippen LogP contribution >= 0.6 is 0 Å². The highest BCUT2D eigenvalue weighted by molar-refractivity contribution is 5.92. The predicted octanol–water partition coefficient (Wildman–Crippen LogP) is 2.53. The van der Waals surface area contributed by atoms with Gasteiger partial charge in [0.15, 0.2) is 6.61 Å². The monoisotopic (exact) mass is 357 g/mol. The van der Waals surface area contributed by atoms with Crippen LogP contribution in [0.2, 0.25) is 0 Å². The summed E-state index contributed by atoms with van der Waals surface area (Å²) in [5.41, 5.74) is 2.32. The minimum Gasteiger partial charge on any atom is -0.497 e. The smallest absolute Gasteiger partial charge is 0.341 e. The largest absolute Gasteiger partial charge is 0.497 e. The fraction of sp³-hybridized carbons (Fsp3) is 0.300. The highest BCUT2D eigenvalue weighted by Gasteiger charge is 2.14. The third-order valence-electron chi connectivity index (χ3n) is 3.80. The van der Waals surface area contributed by atoms with E-state index in [0.717, 1.165) is 16.9 Å². The van der Waals surface area contributed by atoms with Gasteiger partial charge in [-0.25, -0.2) is 4.79 Å². The Bertz CT molecular complexity index is 755. The topological polar surface area (TPSA) is 73.9 Å². The number of benzene rings is 2. The molecule has 26 heavy (non-hydrogen) atoms. The number of hydrogen-bond acceptors (Lipinski definition) is 5. The van der Waals surface area contributed by atoms with Crippen molar-refractivity contribution in [3.8, 4) is 11.5 Å². The van der Waals surface area contributed by atoms with Crippen molar-refractivity contribution in [3.05, 3.63) is 59.2 Å². The normalized spacial score (nSPS) is 10.1. The quantitative estimate of drug-likeness (QED) is 0.735. The number of amides is 1. The van der Waals surface area contributed by atoms with Gasteiger partial charge in [-0.1, -0.05) is 18.2 Å². The van der Waals surface area contributed by atoms with E-state index in [2.05, 4.69) is 5.32 Å². The van der Waals surface area contributed by atoms with Gasteiger partial charge in [-0.2, -0.15) is 0 Å². The van der Waals surface area contributed by atoms with Crippen LogP contribution in [0.1, 0.15) is 21.5 Å². The summed E-state index contributed by atoms with van der Waals surface area (Å²) < 4.78 is 15.3. The Morgan fingerprint density at radius 2 is 1.77 bits per heavy atom. The van der Waals surface area contributed by atoms with Crippen molar-refractivity contribution in [2.75, 3.05) is 27.4 Å². The molecule has 1 amide bonds. The molecule has 0 atom stereocenters. The summed E-state index contributed by atoms with van der Waals surface area (Å²) in [7, 11) is 2.92. The fourth-order valence-corrected chi connectivity index (χ4v) is 2.36. The van der Waals surface area contributed by atoms with E-state index in [1.165, 1.54) is 7.11 Å². The van der Waals surface area contributed by atoms with E-state index in [4.69, 9.17) is 14.2 Å². The third-order valence-corrected chi connectivity index (χ3v) is 3.80. The van der Waals surface area contributed by atoms with Gasteiger partial charge >= 0.3 is 5.97 Å². The number of rotatable bonds is 8. The Morgan fingerprint density at radius 3 is 2.42 bits per heavy atom. The zero-order valence-corrected chi connectivity index (χ0v) is 15.2. The van der Waals surface area contributed by atoms with Crippen LogP contribution in [-0.4, -0.2) is 39.2 Å². The molecule has 2 aromatic carbocycles. The summed E-state index contributed by atoms with van der Waals surface area (Å²) in [5.74, 6) is 0.378. The molecule has 0 aliphatic carbocycles. The third kappa shape index (κ3) is 5.51. The van der Waals surface area contributed by atoms with Crippen molar-refractivity contribution >= 4 is 11.9 Å². The second-order valence-corrected chi connectivity index (χ2v) is 5.73. The Kier molecular flexibility index (Phi) is 7.02. The Hall–Kier alpha value is -3.02. The summed E-state index contributed by atoms with van der Waals surface area (Å²) in [6.07, 6.45) is 0.702. The lowest BCUT2D eigenvalue weighted by Gasteiger charge is -2.11. The summed E-state index contributed by atoms with van der Waals surface area (Å²) in [4.78, 5) is 23.7. The van der Waals surface area contributed by atoms with Crippen molar-refractivity contribution in [1.82, 2.24) is 5.32 Å².